The zero-order chi connectivity index (χ0) is 21.6. The predicted molar refractivity (Wildman–Crippen MR) is 112 cm³/mol. The molecule has 0 rings (SSSR count). The van der Waals surface area contributed by atoms with Gasteiger partial charge in [0.2, 0.25) is 0 Å². The summed E-state index contributed by atoms with van der Waals surface area (Å²) in [6.07, 6.45) is 5.45. The van der Waals surface area contributed by atoms with Gasteiger partial charge >= 0.3 is 13.8 Å². The van der Waals surface area contributed by atoms with Crippen LogP contribution in [0.4, 0.5) is 0 Å². The first kappa shape index (κ1) is 27.3. The molecule has 8 heteroatoms. The van der Waals surface area contributed by atoms with Gasteiger partial charge in [-0.05, 0) is 45.4 Å². The third kappa shape index (κ3) is 12.7. The smallest absolute Gasteiger partial charge is 0.462 e. The summed E-state index contributed by atoms with van der Waals surface area (Å²) < 4.78 is 22.5. The van der Waals surface area contributed by atoms with Gasteiger partial charge in [-0.25, -0.2) is 9.36 Å². The van der Waals surface area contributed by atoms with Crippen molar-refractivity contribution in [3.63, 3.8) is 0 Å². The predicted octanol–water partition coefficient (Wildman–Crippen LogP) is 4.19. The number of ether oxygens (including phenoxy) is 1. The standard InChI is InChI=1S/C20H40NO6P/c1-6-13-21(14-7-2,15-8-3)17-19(27-28(23,24)25)12-10-9-11-16-26-20(22)18(4)5/h19H,4,6-17H2,1-3,5H3,(H-,23,24,25)/p+1. The molecule has 0 aromatic heterocycles. The van der Waals surface area contributed by atoms with Crippen LogP contribution in [0.15, 0.2) is 12.2 Å². The van der Waals surface area contributed by atoms with Gasteiger partial charge in [0.05, 0.1) is 26.2 Å². The number of unbranched alkanes of at least 4 members (excludes halogenated alkanes) is 2. The molecule has 1 atom stereocenters. The summed E-state index contributed by atoms with van der Waals surface area (Å²) >= 11 is 0. The Morgan fingerprint density at radius 1 is 1.04 bits per heavy atom. The topological polar surface area (TPSA) is 93.1 Å². The van der Waals surface area contributed by atoms with E-state index in [1.165, 1.54) is 0 Å². The monoisotopic (exact) mass is 422 g/mol. The van der Waals surface area contributed by atoms with Crippen molar-refractivity contribution in [2.75, 3.05) is 32.8 Å². The van der Waals surface area contributed by atoms with Gasteiger partial charge in [-0.3, -0.25) is 4.52 Å². The van der Waals surface area contributed by atoms with Gasteiger partial charge < -0.3 is 19.0 Å². The van der Waals surface area contributed by atoms with Crippen molar-refractivity contribution in [1.82, 2.24) is 0 Å². The molecule has 2 N–H and O–H groups in total. The van der Waals surface area contributed by atoms with Gasteiger partial charge in [0.25, 0.3) is 0 Å². The van der Waals surface area contributed by atoms with Crippen LogP contribution < -0.4 is 0 Å². The molecule has 0 fully saturated rings. The van der Waals surface area contributed by atoms with Crippen molar-refractivity contribution in [2.45, 2.75) is 78.7 Å². The van der Waals surface area contributed by atoms with E-state index in [0.29, 0.717) is 31.6 Å². The minimum absolute atomic E-state index is 0.331. The van der Waals surface area contributed by atoms with Crippen LogP contribution in [0.25, 0.3) is 0 Å². The van der Waals surface area contributed by atoms with Crippen LogP contribution in [0.1, 0.15) is 72.6 Å². The van der Waals surface area contributed by atoms with Crippen LogP contribution in [-0.2, 0) is 18.6 Å². The molecule has 166 valence electrons. The lowest BCUT2D eigenvalue weighted by atomic mass is 10.1. The molecule has 0 aliphatic carbocycles. The quantitative estimate of drug-likeness (QED) is 0.120. The second kappa shape index (κ2) is 14.3. The van der Waals surface area contributed by atoms with Crippen molar-refractivity contribution in [3.05, 3.63) is 12.2 Å². The molecule has 0 spiro atoms. The lowest BCUT2D eigenvalue weighted by Crippen LogP contribution is -2.54. The Balaban J connectivity index is 4.77. The normalized spacial score (nSPS) is 13.4. The van der Waals surface area contributed by atoms with Crippen molar-refractivity contribution in [1.29, 1.82) is 0 Å². The Morgan fingerprint density at radius 3 is 2.00 bits per heavy atom. The third-order valence-corrected chi connectivity index (χ3v) is 5.30. The van der Waals surface area contributed by atoms with E-state index in [-0.39, 0.29) is 5.97 Å². The van der Waals surface area contributed by atoms with E-state index in [1.807, 2.05) is 0 Å². The first-order chi connectivity index (χ1) is 13.1. The van der Waals surface area contributed by atoms with Gasteiger partial charge in [0.15, 0.2) is 0 Å². The van der Waals surface area contributed by atoms with Crippen molar-refractivity contribution in [2.24, 2.45) is 0 Å². The van der Waals surface area contributed by atoms with Crippen molar-refractivity contribution >= 4 is 13.8 Å². The van der Waals surface area contributed by atoms with Gasteiger partial charge in [-0.15, -0.1) is 0 Å². The molecule has 1 unspecified atom stereocenters. The molecule has 0 heterocycles. The zero-order valence-corrected chi connectivity index (χ0v) is 19.1. The van der Waals surface area contributed by atoms with Crippen LogP contribution in [0.2, 0.25) is 0 Å². The highest BCUT2D eigenvalue weighted by Gasteiger charge is 2.32. The summed E-state index contributed by atoms with van der Waals surface area (Å²) in [5, 5.41) is 0. The van der Waals surface area contributed by atoms with Crippen molar-refractivity contribution in [3.8, 4) is 0 Å². The van der Waals surface area contributed by atoms with E-state index in [4.69, 9.17) is 9.26 Å². The maximum atomic E-state index is 11.5. The summed E-state index contributed by atoms with van der Waals surface area (Å²) in [6.45, 7) is 15.5. The van der Waals surface area contributed by atoms with E-state index in [2.05, 4.69) is 27.4 Å². The molecule has 28 heavy (non-hydrogen) atoms. The Kier molecular flexibility index (Phi) is 13.9. The molecule has 0 amide bonds. The average Bonchev–Trinajstić information content (AvgIpc) is 2.56. The summed E-state index contributed by atoms with van der Waals surface area (Å²) in [7, 11) is -4.54. The van der Waals surface area contributed by atoms with Gasteiger partial charge in [-0.1, -0.05) is 33.8 Å². The van der Waals surface area contributed by atoms with Gasteiger partial charge in [0.1, 0.15) is 12.6 Å². The van der Waals surface area contributed by atoms with Crippen molar-refractivity contribution < 1.29 is 32.9 Å². The lowest BCUT2D eigenvalue weighted by molar-refractivity contribution is -0.930. The number of hydrogen-bond acceptors (Lipinski definition) is 4. The van der Waals surface area contributed by atoms with E-state index < -0.39 is 13.9 Å². The first-order valence-electron chi connectivity index (χ1n) is 10.5. The molecular weight excluding hydrogens is 381 g/mol. The number of nitrogens with zero attached hydrogens (tertiary/aromatic N) is 1. The average molecular weight is 423 g/mol. The number of phosphoric ester groups is 1. The van der Waals surface area contributed by atoms with E-state index in [1.54, 1.807) is 6.92 Å². The summed E-state index contributed by atoms with van der Waals surface area (Å²) in [5.41, 5.74) is 0.381. The summed E-state index contributed by atoms with van der Waals surface area (Å²) in [6, 6.07) is 0. The Bertz CT molecular complexity index is 488. The number of rotatable bonds is 17. The second-order valence-electron chi connectivity index (χ2n) is 7.68. The Labute approximate surface area is 170 Å². The molecule has 0 aliphatic rings. The molecule has 0 saturated carbocycles. The SMILES string of the molecule is C=C(C)C(=O)OCCCCCC(C[N+](CCC)(CCC)CCC)OP(=O)(O)O. The number of esters is 1. The van der Waals surface area contributed by atoms with Crippen LogP contribution in [0.3, 0.4) is 0 Å². The fourth-order valence-corrected chi connectivity index (χ4v) is 4.34. The third-order valence-electron chi connectivity index (χ3n) is 4.72. The highest BCUT2D eigenvalue weighted by molar-refractivity contribution is 7.46. The van der Waals surface area contributed by atoms with E-state index in [9.17, 15) is 19.1 Å². The molecular formula is C20H41NO6P+. The van der Waals surface area contributed by atoms with E-state index in [0.717, 1.165) is 56.2 Å². The highest BCUT2D eigenvalue weighted by Crippen LogP contribution is 2.39. The number of carbonyl (C=O) groups excluding carboxylic acids is 1. The van der Waals surface area contributed by atoms with Crippen LogP contribution in [-0.4, -0.2) is 59.1 Å². The largest absolute Gasteiger partial charge is 0.470 e. The molecule has 0 aromatic rings. The Hall–Kier alpha value is -0.720. The molecule has 0 aliphatic heterocycles. The minimum atomic E-state index is -4.54. The summed E-state index contributed by atoms with van der Waals surface area (Å²) in [5.74, 6) is -0.386. The fraction of sp³-hybridized carbons (Fsp3) is 0.850. The van der Waals surface area contributed by atoms with Gasteiger partial charge in [-0.2, -0.15) is 0 Å². The number of quaternary nitrogens is 1. The highest BCUT2D eigenvalue weighted by atomic mass is 31.2. The van der Waals surface area contributed by atoms with Crippen LogP contribution in [0.5, 0.6) is 0 Å². The Morgan fingerprint density at radius 2 is 1.57 bits per heavy atom. The lowest BCUT2D eigenvalue weighted by Gasteiger charge is -2.40. The van der Waals surface area contributed by atoms with Crippen LogP contribution >= 0.6 is 7.82 Å². The molecule has 0 aromatic carbocycles. The summed E-state index contributed by atoms with van der Waals surface area (Å²) in [4.78, 5) is 30.0. The van der Waals surface area contributed by atoms with Gasteiger partial charge in [0, 0.05) is 5.57 Å². The molecule has 0 saturated heterocycles. The second-order valence-corrected chi connectivity index (χ2v) is 8.87. The number of hydrogen-bond donors (Lipinski definition) is 2. The molecule has 7 nitrogen and oxygen atoms in total. The molecule has 0 bridgehead atoms. The maximum Gasteiger partial charge on any atom is 0.470 e. The molecule has 0 radical (unpaired) electrons. The zero-order valence-electron chi connectivity index (χ0n) is 18.2. The number of carbonyl (C=O) groups is 1. The maximum absolute atomic E-state index is 11.5. The number of phosphoric acid groups is 1. The first-order valence-corrected chi connectivity index (χ1v) is 12.0. The van der Waals surface area contributed by atoms with E-state index >= 15 is 0 Å². The fourth-order valence-electron chi connectivity index (χ4n) is 3.77. The minimum Gasteiger partial charge on any atom is -0.462 e. The van der Waals surface area contributed by atoms with Crippen LogP contribution in [0, 0.1) is 0 Å².